The maximum Gasteiger partial charge on any atom is 0.277 e. The molecular formula is C17H14N6O2S2. The Morgan fingerprint density at radius 2 is 1.63 bits per heavy atom. The van der Waals surface area contributed by atoms with E-state index in [1.807, 2.05) is 0 Å². The SMILES string of the molecule is NC(=O)c1cccc(NC(=S)Nc2ccc(NC(=O)c3csnn3)cc2)c1. The average Bonchev–Trinajstić information content (AvgIpc) is 3.18. The van der Waals surface area contributed by atoms with Gasteiger partial charge in [0.15, 0.2) is 10.8 Å². The van der Waals surface area contributed by atoms with Gasteiger partial charge in [0, 0.05) is 28.0 Å². The van der Waals surface area contributed by atoms with Crippen molar-refractivity contribution in [1.29, 1.82) is 0 Å². The van der Waals surface area contributed by atoms with Gasteiger partial charge >= 0.3 is 0 Å². The van der Waals surface area contributed by atoms with Crippen LogP contribution in [0.3, 0.4) is 0 Å². The quantitative estimate of drug-likeness (QED) is 0.487. The minimum Gasteiger partial charge on any atom is -0.366 e. The summed E-state index contributed by atoms with van der Waals surface area (Å²) in [6.45, 7) is 0. The number of nitrogens with zero attached hydrogens (tertiary/aromatic N) is 2. The van der Waals surface area contributed by atoms with Crippen LogP contribution in [0.1, 0.15) is 20.8 Å². The van der Waals surface area contributed by atoms with E-state index in [-0.39, 0.29) is 11.6 Å². The molecule has 0 spiro atoms. The number of aromatic nitrogens is 2. The van der Waals surface area contributed by atoms with Crippen LogP contribution in [0.4, 0.5) is 17.1 Å². The van der Waals surface area contributed by atoms with Crippen LogP contribution in [0.2, 0.25) is 0 Å². The number of thiocarbonyl (C=S) groups is 1. The van der Waals surface area contributed by atoms with Gasteiger partial charge in [0.2, 0.25) is 5.91 Å². The van der Waals surface area contributed by atoms with Crippen LogP contribution in [0.15, 0.2) is 53.9 Å². The Morgan fingerprint density at radius 1 is 0.963 bits per heavy atom. The molecule has 0 atom stereocenters. The Bertz CT molecular complexity index is 973. The lowest BCUT2D eigenvalue weighted by Gasteiger charge is -2.12. The van der Waals surface area contributed by atoms with E-state index in [0.717, 1.165) is 17.2 Å². The topological polar surface area (TPSA) is 122 Å². The van der Waals surface area contributed by atoms with Crippen molar-refractivity contribution in [1.82, 2.24) is 9.59 Å². The third-order valence-corrected chi connectivity index (χ3v) is 4.11. The van der Waals surface area contributed by atoms with E-state index >= 15 is 0 Å². The zero-order valence-electron chi connectivity index (χ0n) is 13.8. The fourth-order valence-corrected chi connectivity index (χ4v) is 2.81. The van der Waals surface area contributed by atoms with Gasteiger partial charge in [-0.3, -0.25) is 9.59 Å². The number of hydrogen-bond donors (Lipinski definition) is 4. The summed E-state index contributed by atoms with van der Waals surface area (Å²) in [5.41, 5.74) is 7.91. The molecule has 0 fully saturated rings. The molecule has 5 N–H and O–H groups in total. The summed E-state index contributed by atoms with van der Waals surface area (Å²) in [7, 11) is 0. The van der Waals surface area contributed by atoms with Crippen molar-refractivity contribution in [3.63, 3.8) is 0 Å². The molecule has 0 aliphatic carbocycles. The van der Waals surface area contributed by atoms with Gasteiger partial charge in [-0.1, -0.05) is 10.6 Å². The van der Waals surface area contributed by atoms with Crippen molar-refractivity contribution in [2.45, 2.75) is 0 Å². The largest absolute Gasteiger partial charge is 0.366 e. The third-order valence-electron chi connectivity index (χ3n) is 3.40. The monoisotopic (exact) mass is 398 g/mol. The van der Waals surface area contributed by atoms with E-state index in [4.69, 9.17) is 18.0 Å². The molecule has 2 amide bonds. The summed E-state index contributed by atoms with van der Waals surface area (Å²) in [4.78, 5) is 23.2. The minimum atomic E-state index is -0.511. The van der Waals surface area contributed by atoms with E-state index < -0.39 is 5.91 Å². The molecular weight excluding hydrogens is 384 g/mol. The van der Waals surface area contributed by atoms with Gasteiger partial charge in [-0.05, 0) is 66.2 Å². The number of hydrogen-bond acceptors (Lipinski definition) is 6. The second-order valence-electron chi connectivity index (χ2n) is 5.35. The summed E-state index contributed by atoms with van der Waals surface area (Å²) >= 11 is 6.37. The Morgan fingerprint density at radius 3 is 2.26 bits per heavy atom. The Balaban J connectivity index is 1.57. The normalized spacial score (nSPS) is 10.1. The number of nitrogens with two attached hydrogens (primary N) is 1. The molecule has 0 aliphatic rings. The highest BCUT2D eigenvalue weighted by atomic mass is 32.1. The van der Waals surface area contributed by atoms with Crippen molar-refractivity contribution in [3.8, 4) is 0 Å². The van der Waals surface area contributed by atoms with Crippen LogP contribution in [-0.2, 0) is 0 Å². The molecule has 136 valence electrons. The Kier molecular flexibility index (Phi) is 5.69. The van der Waals surface area contributed by atoms with Crippen molar-refractivity contribution in [2.75, 3.05) is 16.0 Å². The minimum absolute atomic E-state index is 0.269. The number of carbonyl (C=O) groups is 2. The number of carbonyl (C=O) groups excluding carboxylic acids is 2. The zero-order chi connectivity index (χ0) is 19.2. The molecule has 0 saturated heterocycles. The van der Waals surface area contributed by atoms with E-state index in [2.05, 4.69) is 25.5 Å². The second-order valence-corrected chi connectivity index (χ2v) is 6.36. The maximum atomic E-state index is 11.9. The molecule has 0 bridgehead atoms. The van der Waals surface area contributed by atoms with E-state index in [0.29, 0.717) is 22.1 Å². The smallest absolute Gasteiger partial charge is 0.277 e. The van der Waals surface area contributed by atoms with Gasteiger partial charge in [-0.15, -0.1) is 5.10 Å². The lowest BCUT2D eigenvalue weighted by Crippen LogP contribution is -2.19. The second kappa shape index (κ2) is 8.34. The number of primary amides is 1. The molecule has 27 heavy (non-hydrogen) atoms. The van der Waals surface area contributed by atoms with Crippen LogP contribution >= 0.6 is 23.8 Å². The lowest BCUT2D eigenvalue weighted by molar-refractivity contribution is 0.0997. The van der Waals surface area contributed by atoms with Gasteiger partial charge in [0.1, 0.15) is 0 Å². The molecule has 10 heteroatoms. The fraction of sp³-hybridized carbons (Fsp3) is 0. The van der Waals surface area contributed by atoms with Crippen molar-refractivity contribution < 1.29 is 9.59 Å². The van der Waals surface area contributed by atoms with Gasteiger partial charge < -0.3 is 21.7 Å². The number of nitrogens with one attached hydrogen (secondary N) is 3. The molecule has 3 rings (SSSR count). The molecule has 1 aromatic heterocycles. The van der Waals surface area contributed by atoms with E-state index in [1.54, 1.807) is 53.9 Å². The van der Waals surface area contributed by atoms with Gasteiger partial charge in [0.25, 0.3) is 5.91 Å². The molecule has 0 aliphatic heterocycles. The van der Waals surface area contributed by atoms with E-state index in [1.165, 1.54) is 0 Å². The first-order valence-electron chi connectivity index (χ1n) is 7.67. The van der Waals surface area contributed by atoms with Crippen molar-refractivity contribution >= 4 is 57.7 Å². The fourth-order valence-electron chi connectivity index (χ4n) is 2.14. The predicted octanol–water partition coefficient (Wildman–Crippen LogP) is 2.70. The van der Waals surface area contributed by atoms with E-state index in [9.17, 15) is 9.59 Å². The summed E-state index contributed by atoms with van der Waals surface area (Å²) < 4.78 is 3.65. The maximum absolute atomic E-state index is 11.9. The lowest BCUT2D eigenvalue weighted by atomic mass is 10.2. The number of rotatable bonds is 5. The third kappa shape index (κ3) is 5.06. The van der Waals surface area contributed by atoms with Gasteiger partial charge in [0.05, 0.1) is 0 Å². The van der Waals surface area contributed by atoms with Gasteiger partial charge in [-0.2, -0.15) is 0 Å². The summed E-state index contributed by atoms with van der Waals surface area (Å²) in [6, 6.07) is 13.7. The van der Waals surface area contributed by atoms with Crippen LogP contribution in [0.5, 0.6) is 0 Å². The molecule has 1 heterocycles. The summed E-state index contributed by atoms with van der Waals surface area (Å²) in [5, 5.41) is 14.4. The first-order valence-corrected chi connectivity index (χ1v) is 8.92. The first kappa shape index (κ1) is 18.4. The standard InChI is InChI=1S/C17H14N6O2S2/c18-15(24)10-2-1-3-13(8-10)21-17(26)20-12-6-4-11(5-7-12)19-16(25)14-9-27-23-22-14/h1-9H,(H2,18,24)(H,19,25)(H2,20,21,26). The van der Waals surface area contributed by atoms with Crippen LogP contribution < -0.4 is 21.7 Å². The molecule has 2 aromatic carbocycles. The highest BCUT2D eigenvalue weighted by molar-refractivity contribution is 7.80. The Labute approximate surface area is 164 Å². The Hall–Kier alpha value is -3.37. The number of amides is 2. The molecule has 8 nitrogen and oxygen atoms in total. The molecule has 0 unspecified atom stereocenters. The van der Waals surface area contributed by atoms with Gasteiger partial charge in [-0.25, -0.2) is 0 Å². The molecule has 0 radical (unpaired) electrons. The summed E-state index contributed by atoms with van der Waals surface area (Å²) in [5.74, 6) is -0.834. The van der Waals surface area contributed by atoms with Crippen molar-refractivity contribution in [2.24, 2.45) is 5.73 Å². The van der Waals surface area contributed by atoms with Crippen molar-refractivity contribution in [3.05, 3.63) is 65.2 Å². The highest BCUT2D eigenvalue weighted by Crippen LogP contribution is 2.16. The van der Waals surface area contributed by atoms with Crippen LogP contribution in [0.25, 0.3) is 0 Å². The first-order chi connectivity index (χ1) is 13.0. The molecule has 0 saturated carbocycles. The zero-order valence-corrected chi connectivity index (χ0v) is 15.4. The average molecular weight is 398 g/mol. The predicted molar refractivity (Wildman–Crippen MR) is 109 cm³/mol. The number of benzene rings is 2. The van der Waals surface area contributed by atoms with Crippen LogP contribution in [0, 0.1) is 0 Å². The molecule has 3 aromatic rings. The number of anilines is 3. The van der Waals surface area contributed by atoms with Crippen LogP contribution in [-0.4, -0.2) is 26.5 Å². The summed E-state index contributed by atoms with van der Waals surface area (Å²) in [6.07, 6.45) is 0. The highest BCUT2D eigenvalue weighted by Gasteiger charge is 2.09.